The second-order valence-corrected chi connectivity index (χ2v) is 8.75. The molecule has 1 saturated carbocycles. The molecule has 1 aromatic heterocycles. The van der Waals surface area contributed by atoms with Crippen molar-refractivity contribution in [1.29, 1.82) is 0 Å². The molecule has 1 saturated heterocycles. The summed E-state index contributed by atoms with van der Waals surface area (Å²) in [4.78, 5) is 31.2. The number of aromatic nitrogens is 1. The highest BCUT2D eigenvalue weighted by Gasteiger charge is 2.32. The van der Waals surface area contributed by atoms with E-state index in [4.69, 9.17) is 0 Å². The Morgan fingerprint density at radius 2 is 2.03 bits per heavy atom. The van der Waals surface area contributed by atoms with Crippen LogP contribution in [0, 0.1) is 11.8 Å². The van der Waals surface area contributed by atoms with Crippen LogP contribution in [-0.2, 0) is 11.0 Å². The van der Waals surface area contributed by atoms with Crippen LogP contribution in [0.1, 0.15) is 41.7 Å². The second kappa shape index (κ2) is 8.37. The maximum absolute atomic E-state index is 13.0. The zero-order valence-corrected chi connectivity index (χ0v) is 17.1. The number of likely N-dealkylation sites (tertiary alicyclic amines) is 1. The number of nitrogens with zero attached hydrogens (tertiary/aromatic N) is 2. The van der Waals surface area contributed by atoms with Gasteiger partial charge in [-0.15, -0.1) is 11.3 Å². The molecule has 5 nitrogen and oxygen atoms in total. The first kappa shape index (κ1) is 20.8. The highest BCUT2D eigenvalue weighted by atomic mass is 32.1. The van der Waals surface area contributed by atoms with Gasteiger partial charge in [0.05, 0.1) is 11.5 Å². The predicted octanol–water partition coefficient (Wildman–Crippen LogP) is 4.21. The van der Waals surface area contributed by atoms with Gasteiger partial charge in [0.15, 0.2) is 0 Å². The van der Waals surface area contributed by atoms with Gasteiger partial charge in [-0.05, 0) is 43.7 Å². The minimum atomic E-state index is -4.44. The number of amides is 2. The number of thiazole rings is 1. The normalized spacial score (nSPS) is 19.6. The quantitative estimate of drug-likeness (QED) is 0.762. The minimum absolute atomic E-state index is 0.0117. The molecule has 30 heavy (non-hydrogen) atoms. The Balaban J connectivity index is 1.42. The van der Waals surface area contributed by atoms with Crippen molar-refractivity contribution in [3.8, 4) is 10.6 Å². The molecule has 1 aromatic carbocycles. The third-order valence-corrected chi connectivity index (χ3v) is 6.39. The number of hydrogen-bond acceptors (Lipinski definition) is 4. The molecule has 4 rings (SSSR count). The van der Waals surface area contributed by atoms with Crippen LogP contribution in [-0.4, -0.2) is 41.3 Å². The average molecular weight is 437 g/mol. The lowest BCUT2D eigenvalue weighted by Gasteiger charge is -2.31. The summed E-state index contributed by atoms with van der Waals surface area (Å²) in [5.41, 5.74) is -0.226. The Kier molecular flexibility index (Phi) is 5.81. The number of rotatable bonds is 5. The van der Waals surface area contributed by atoms with Crippen LogP contribution in [0.2, 0.25) is 0 Å². The lowest BCUT2D eigenvalue weighted by Crippen LogP contribution is -2.45. The lowest BCUT2D eigenvalue weighted by molar-refractivity contribution is -0.137. The van der Waals surface area contributed by atoms with Crippen molar-refractivity contribution >= 4 is 23.2 Å². The molecule has 1 atom stereocenters. The molecule has 2 amide bonds. The largest absolute Gasteiger partial charge is 0.416 e. The van der Waals surface area contributed by atoms with Gasteiger partial charge in [0, 0.05) is 30.6 Å². The maximum Gasteiger partial charge on any atom is 0.416 e. The van der Waals surface area contributed by atoms with E-state index in [0.717, 1.165) is 49.2 Å². The fourth-order valence-electron chi connectivity index (χ4n) is 3.58. The van der Waals surface area contributed by atoms with Crippen LogP contribution in [0.5, 0.6) is 0 Å². The van der Waals surface area contributed by atoms with Crippen molar-refractivity contribution in [2.24, 2.45) is 11.8 Å². The zero-order chi connectivity index (χ0) is 21.3. The molecule has 1 N–H and O–H groups in total. The molecule has 2 heterocycles. The van der Waals surface area contributed by atoms with Crippen molar-refractivity contribution in [2.45, 2.75) is 31.9 Å². The van der Waals surface area contributed by atoms with Crippen LogP contribution in [0.15, 0.2) is 29.6 Å². The predicted molar refractivity (Wildman–Crippen MR) is 107 cm³/mol. The van der Waals surface area contributed by atoms with Crippen molar-refractivity contribution in [2.75, 3.05) is 19.6 Å². The number of nitrogens with one attached hydrogen (secondary N) is 1. The standard InChI is InChI=1S/C21H22F3N3O2S/c22-21(23,24)16-5-1-3-14(9-16)19-26-17(12-30-19)20(29)27-8-2-4-15(11-27)18(28)25-10-13-6-7-13/h1,3,5,9,12-13,15H,2,4,6-8,10-11H2,(H,25,28). The van der Waals surface area contributed by atoms with Crippen molar-refractivity contribution in [1.82, 2.24) is 15.2 Å². The summed E-state index contributed by atoms with van der Waals surface area (Å²) in [7, 11) is 0. The van der Waals surface area contributed by atoms with E-state index in [1.165, 1.54) is 6.07 Å². The van der Waals surface area contributed by atoms with E-state index in [2.05, 4.69) is 10.3 Å². The molecule has 0 bridgehead atoms. The first-order valence-electron chi connectivity index (χ1n) is 10.0. The molecule has 0 radical (unpaired) electrons. The SMILES string of the molecule is O=C(NCC1CC1)C1CCCN(C(=O)c2csc(-c3cccc(C(F)(F)F)c3)n2)C1. The summed E-state index contributed by atoms with van der Waals surface area (Å²) in [6.45, 7) is 1.59. The molecule has 0 spiro atoms. The molecule has 1 aliphatic heterocycles. The van der Waals surface area contributed by atoms with Gasteiger partial charge >= 0.3 is 6.18 Å². The summed E-state index contributed by atoms with van der Waals surface area (Å²) in [5, 5.41) is 4.90. The Hall–Kier alpha value is -2.42. The van der Waals surface area contributed by atoms with E-state index >= 15 is 0 Å². The summed E-state index contributed by atoms with van der Waals surface area (Å²) >= 11 is 1.13. The van der Waals surface area contributed by atoms with Gasteiger partial charge in [-0.1, -0.05) is 12.1 Å². The van der Waals surface area contributed by atoms with Crippen LogP contribution in [0.25, 0.3) is 10.6 Å². The summed E-state index contributed by atoms with van der Waals surface area (Å²) < 4.78 is 38.9. The fraction of sp³-hybridized carbons (Fsp3) is 0.476. The van der Waals surface area contributed by atoms with E-state index < -0.39 is 11.7 Å². The third kappa shape index (κ3) is 4.83. The van der Waals surface area contributed by atoms with E-state index in [1.807, 2.05) is 0 Å². The number of carbonyl (C=O) groups excluding carboxylic acids is 2. The van der Waals surface area contributed by atoms with Gasteiger partial charge in [0.1, 0.15) is 10.7 Å². The Bertz CT molecular complexity index is 940. The highest BCUT2D eigenvalue weighted by molar-refractivity contribution is 7.13. The molecular weight excluding hydrogens is 415 g/mol. The summed E-state index contributed by atoms with van der Waals surface area (Å²) in [6.07, 6.45) is -0.638. The minimum Gasteiger partial charge on any atom is -0.356 e. The van der Waals surface area contributed by atoms with Crippen molar-refractivity contribution < 1.29 is 22.8 Å². The van der Waals surface area contributed by atoms with Crippen molar-refractivity contribution in [3.05, 3.63) is 40.9 Å². The number of piperidine rings is 1. The van der Waals surface area contributed by atoms with Crippen LogP contribution in [0.4, 0.5) is 13.2 Å². The number of benzene rings is 1. The average Bonchev–Trinajstić information content (AvgIpc) is 3.44. The van der Waals surface area contributed by atoms with E-state index in [-0.39, 0.29) is 23.4 Å². The number of alkyl halides is 3. The Labute approximate surface area is 176 Å². The molecule has 9 heteroatoms. The van der Waals surface area contributed by atoms with Crippen LogP contribution in [0.3, 0.4) is 0 Å². The second-order valence-electron chi connectivity index (χ2n) is 7.90. The van der Waals surface area contributed by atoms with Crippen molar-refractivity contribution in [3.63, 3.8) is 0 Å². The highest BCUT2D eigenvalue weighted by Crippen LogP contribution is 2.33. The summed E-state index contributed by atoms with van der Waals surface area (Å²) in [6, 6.07) is 4.92. The Morgan fingerprint density at radius 3 is 2.77 bits per heavy atom. The Morgan fingerprint density at radius 1 is 1.23 bits per heavy atom. The molecule has 1 aliphatic carbocycles. The van der Waals surface area contributed by atoms with Crippen LogP contribution >= 0.6 is 11.3 Å². The zero-order valence-electron chi connectivity index (χ0n) is 16.2. The fourth-order valence-corrected chi connectivity index (χ4v) is 4.37. The van der Waals surface area contributed by atoms with Gasteiger partial charge < -0.3 is 10.2 Å². The lowest BCUT2D eigenvalue weighted by atomic mass is 9.97. The number of carbonyl (C=O) groups is 2. The molecule has 160 valence electrons. The third-order valence-electron chi connectivity index (χ3n) is 5.50. The molecule has 2 aliphatic rings. The van der Waals surface area contributed by atoms with E-state index in [1.54, 1.807) is 16.3 Å². The molecular formula is C21H22F3N3O2S. The van der Waals surface area contributed by atoms with Gasteiger partial charge in [0.25, 0.3) is 5.91 Å². The smallest absolute Gasteiger partial charge is 0.356 e. The molecule has 2 aromatic rings. The van der Waals surface area contributed by atoms with Gasteiger partial charge in [-0.3, -0.25) is 9.59 Å². The maximum atomic E-state index is 13.0. The van der Waals surface area contributed by atoms with E-state index in [0.29, 0.717) is 36.1 Å². The number of halogens is 3. The summed E-state index contributed by atoms with van der Waals surface area (Å²) in [5.74, 6) is 0.0640. The first-order valence-corrected chi connectivity index (χ1v) is 10.9. The van der Waals surface area contributed by atoms with Gasteiger partial charge in [0.2, 0.25) is 5.91 Å². The van der Waals surface area contributed by atoms with Crippen LogP contribution < -0.4 is 5.32 Å². The van der Waals surface area contributed by atoms with Gasteiger partial charge in [-0.25, -0.2) is 4.98 Å². The monoisotopic (exact) mass is 437 g/mol. The van der Waals surface area contributed by atoms with Gasteiger partial charge in [-0.2, -0.15) is 13.2 Å². The van der Waals surface area contributed by atoms with E-state index in [9.17, 15) is 22.8 Å². The number of hydrogen-bond donors (Lipinski definition) is 1. The molecule has 2 fully saturated rings. The molecule has 1 unspecified atom stereocenters. The topological polar surface area (TPSA) is 62.3 Å². The first-order chi connectivity index (χ1) is 14.3.